The number of hydrogen-bond acceptors (Lipinski definition) is 4. The van der Waals surface area contributed by atoms with Crippen LogP contribution in [0, 0.1) is 5.82 Å². The van der Waals surface area contributed by atoms with E-state index in [1.807, 2.05) is 24.3 Å². The SMILES string of the molecule is CC(C)(C)c1ccc(-c2noc(CNC(=O)c3ccc(F)cc3)n2)cc1. The van der Waals surface area contributed by atoms with Crippen LogP contribution >= 0.6 is 0 Å². The molecule has 0 saturated heterocycles. The number of nitrogens with one attached hydrogen (secondary N) is 1. The summed E-state index contributed by atoms with van der Waals surface area (Å²) in [7, 11) is 0. The molecule has 2 aromatic carbocycles. The highest BCUT2D eigenvalue weighted by molar-refractivity contribution is 5.94. The van der Waals surface area contributed by atoms with Gasteiger partial charge in [0.25, 0.3) is 5.91 Å². The lowest BCUT2D eigenvalue weighted by Gasteiger charge is -2.18. The minimum Gasteiger partial charge on any atom is -0.343 e. The maximum atomic E-state index is 12.9. The van der Waals surface area contributed by atoms with Crippen molar-refractivity contribution in [3.05, 3.63) is 71.4 Å². The first kappa shape index (κ1) is 17.8. The van der Waals surface area contributed by atoms with Gasteiger partial charge in [0.15, 0.2) is 0 Å². The molecule has 1 N–H and O–H groups in total. The van der Waals surface area contributed by atoms with Crippen molar-refractivity contribution < 1.29 is 13.7 Å². The summed E-state index contributed by atoms with van der Waals surface area (Å²) in [5.41, 5.74) is 2.50. The van der Waals surface area contributed by atoms with E-state index in [9.17, 15) is 9.18 Å². The molecule has 1 heterocycles. The maximum Gasteiger partial charge on any atom is 0.251 e. The van der Waals surface area contributed by atoms with Gasteiger partial charge in [-0.1, -0.05) is 50.2 Å². The molecule has 1 aromatic heterocycles. The largest absolute Gasteiger partial charge is 0.343 e. The Kier molecular flexibility index (Phi) is 4.84. The van der Waals surface area contributed by atoms with Crippen LogP contribution in [0.25, 0.3) is 11.4 Å². The Labute approximate surface area is 151 Å². The third kappa shape index (κ3) is 4.14. The van der Waals surface area contributed by atoms with Crippen LogP contribution in [-0.4, -0.2) is 16.0 Å². The highest BCUT2D eigenvalue weighted by Crippen LogP contribution is 2.24. The molecule has 1 amide bonds. The normalized spacial score (nSPS) is 11.4. The van der Waals surface area contributed by atoms with Gasteiger partial charge in [0.2, 0.25) is 11.7 Å². The van der Waals surface area contributed by atoms with Crippen molar-refractivity contribution >= 4 is 5.91 Å². The summed E-state index contributed by atoms with van der Waals surface area (Å²) in [6.45, 7) is 6.55. The molecule has 0 radical (unpaired) electrons. The highest BCUT2D eigenvalue weighted by atomic mass is 19.1. The van der Waals surface area contributed by atoms with Crippen LogP contribution in [0.1, 0.15) is 42.6 Å². The second kappa shape index (κ2) is 7.07. The summed E-state index contributed by atoms with van der Waals surface area (Å²) in [6, 6.07) is 13.3. The molecule has 0 aliphatic rings. The lowest BCUT2D eigenvalue weighted by Crippen LogP contribution is -2.22. The molecule has 0 spiro atoms. The van der Waals surface area contributed by atoms with Crippen molar-refractivity contribution in [3.63, 3.8) is 0 Å². The topological polar surface area (TPSA) is 68.0 Å². The molecule has 0 saturated carbocycles. The molecule has 0 fully saturated rings. The van der Waals surface area contributed by atoms with Crippen molar-refractivity contribution in [1.29, 1.82) is 0 Å². The summed E-state index contributed by atoms with van der Waals surface area (Å²) < 4.78 is 18.1. The first-order chi connectivity index (χ1) is 12.3. The molecule has 6 heteroatoms. The number of halogens is 1. The maximum absolute atomic E-state index is 12.9. The van der Waals surface area contributed by atoms with E-state index in [2.05, 4.69) is 36.2 Å². The molecule has 134 valence electrons. The standard InChI is InChI=1S/C20H20FN3O2/c1-20(2,3)15-8-4-13(5-9-15)18-23-17(26-24-18)12-22-19(25)14-6-10-16(21)11-7-14/h4-11H,12H2,1-3H3,(H,22,25). The van der Waals surface area contributed by atoms with Gasteiger partial charge in [-0.3, -0.25) is 4.79 Å². The lowest BCUT2D eigenvalue weighted by atomic mass is 9.87. The molecule has 3 aromatic rings. The minimum atomic E-state index is -0.388. The molecule has 5 nitrogen and oxygen atoms in total. The van der Waals surface area contributed by atoms with E-state index in [1.54, 1.807) is 0 Å². The first-order valence-corrected chi connectivity index (χ1v) is 8.30. The van der Waals surface area contributed by atoms with Crippen molar-refractivity contribution in [1.82, 2.24) is 15.5 Å². The zero-order valence-electron chi connectivity index (χ0n) is 14.9. The van der Waals surface area contributed by atoms with E-state index in [4.69, 9.17) is 4.52 Å². The van der Waals surface area contributed by atoms with Gasteiger partial charge in [-0.15, -0.1) is 0 Å². The average Bonchev–Trinajstić information content (AvgIpc) is 3.09. The van der Waals surface area contributed by atoms with Crippen LogP contribution in [0.4, 0.5) is 4.39 Å². The van der Waals surface area contributed by atoms with Crippen molar-refractivity contribution in [2.75, 3.05) is 0 Å². The Morgan fingerprint density at radius 2 is 1.73 bits per heavy atom. The Hall–Kier alpha value is -3.02. The molecule has 3 rings (SSSR count). The molecule has 0 unspecified atom stereocenters. The van der Waals surface area contributed by atoms with Gasteiger partial charge in [0, 0.05) is 11.1 Å². The predicted molar refractivity (Wildman–Crippen MR) is 96.0 cm³/mol. The molecule has 0 bridgehead atoms. The monoisotopic (exact) mass is 353 g/mol. The highest BCUT2D eigenvalue weighted by Gasteiger charge is 2.15. The number of hydrogen-bond donors (Lipinski definition) is 1. The molecule has 0 aliphatic carbocycles. The van der Waals surface area contributed by atoms with Gasteiger partial charge < -0.3 is 9.84 Å². The van der Waals surface area contributed by atoms with Crippen molar-refractivity contribution in [3.8, 4) is 11.4 Å². The Balaban J connectivity index is 1.64. The number of carbonyl (C=O) groups excluding carboxylic acids is 1. The van der Waals surface area contributed by atoms with Crippen molar-refractivity contribution in [2.24, 2.45) is 0 Å². The summed E-state index contributed by atoms with van der Waals surface area (Å²) in [6.07, 6.45) is 0. The van der Waals surface area contributed by atoms with Gasteiger partial charge in [-0.2, -0.15) is 4.98 Å². The molecular weight excluding hydrogens is 333 g/mol. The van der Waals surface area contributed by atoms with E-state index in [1.165, 1.54) is 29.8 Å². The first-order valence-electron chi connectivity index (χ1n) is 8.30. The lowest BCUT2D eigenvalue weighted by molar-refractivity contribution is 0.0946. The summed E-state index contributed by atoms with van der Waals surface area (Å²) in [5.74, 6) is 0.0479. The van der Waals surface area contributed by atoms with Gasteiger partial charge in [-0.05, 0) is 35.2 Å². The summed E-state index contributed by atoms with van der Waals surface area (Å²) in [4.78, 5) is 16.3. The second-order valence-electron chi connectivity index (χ2n) is 7.03. The third-order valence-electron chi connectivity index (χ3n) is 3.98. The van der Waals surface area contributed by atoms with Gasteiger partial charge in [0.05, 0.1) is 6.54 Å². The van der Waals surface area contributed by atoms with Gasteiger partial charge in [-0.25, -0.2) is 4.39 Å². The number of nitrogens with zero attached hydrogens (tertiary/aromatic N) is 2. The third-order valence-corrected chi connectivity index (χ3v) is 3.98. The van der Waals surface area contributed by atoms with Crippen LogP contribution in [0.2, 0.25) is 0 Å². The summed E-state index contributed by atoms with van der Waals surface area (Å²) in [5, 5.41) is 6.62. The second-order valence-corrected chi connectivity index (χ2v) is 7.03. The molecule has 0 aliphatic heterocycles. The smallest absolute Gasteiger partial charge is 0.251 e. The quantitative estimate of drug-likeness (QED) is 0.767. The molecule has 0 atom stereocenters. The van der Waals surface area contributed by atoms with Crippen LogP contribution < -0.4 is 5.32 Å². The number of carbonyl (C=O) groups is 1. The van der Waals surface area contributed by atoms with Crippen LogP contribution in [0.15, 0.2) is 53.1 Å². The van der Waals surface area contributed by atoms with E-state index < -0.39 is 0 Å². The fraction of sp³-hybridized carbons (Fsp3) is 0.250. The van der Waals surface area contributed by atoms with Crippen molar-refractivity contribution in [2.45, 2.75) is 32.7 Å². The Morgan fingerprint density at radius 3 is 2.35 bits per heavy atom. The zero-order valence-corrected chi connectivity index (χ0v) is 14.9. The van der Waals surface area contributed by atoms with Crippen LogP contribution in [0.5, 0.6) is 0 Å². The number of amides is 1. The van der Waals surface area contributed by atoms with E-state index in [0.717, 1.165) is 5.56 Å². The minimum absolute atomic E-state index is 0.0750. The van der Waals surface area contributed by atoms with Gasteiger partial charge in [0.1, 0.15) is 5.82 Å². The predicted octanol–water partition coefficient (Wildman–Crippen LogP) is 4.10. The van der Waals surface area contributed by atoms with E-state index >= 15 is 0 Å². The Morgan fingerprint density at radius 1 is 1.08 bits per heavy atom. The van der Waals surface area contributed by atoms with Crippen LogP contribution in [0.3, 0.4) is 0 Å². The summed E-state index contributed by atoms with van der Waals surface area (Å²) >= 11 is 0. The fourth-order valence-electron chi connectivity index (χ4n) is 2.42. The number of aromatic nitrogens is 2. The van der Waals surface area contributed by atoms with E-state index in [0.29, 0.717) is 17.3 Å². The van der Waals surface area contributed by atoms with Crippen LogP contribution in [-0.2, 0) is 12.0 Å². The average molecular weight is 353 g/mol. The number of rotatable bonds is 4. The molecule has 26 heavy (non-hydrogen) atoms. The number of benzene rings is 2. The zero-order chi connectivity index (χ0) is 18.7. The fourth-order valence-corrected chi connectivity index (χ4v) is 2.42. The van der Waals surface area contributed by atoms with E-state index in [-0.39, 0.29) is 23.7 Å². The van der Waals surface area contributed by atoms with Gasteiger partial charge >= 0.3 is 0 Å². The molecular formula is C20H20FN3O2. The Bertz CT molecular complexity index is 894.